The average Bonchev–Trinajstić information content (AvgIpc) is 2.90. The van der Waals surface area contributed by atoms with E-state index in [1.165, 1.54) is 15.8 Å². The molecule has 0 unspecified atom stereocenters. The Kier molecular flexibility index (Phi) is 3.66. The SMILES string of the molecule is CSc1ccc2c(C)cc(NCc3nc(N)n[nH]3)nc2c1. The van der Waals surface area contributed by atoms with Gasteiger partial charge in [0.2, 0.25) is 5.95 Å². The molecule has 0 spiro atoms. The summed E-state index contributed by atoms with van der Waals surface area (Å²) in [7, 11) is 0. The Hall–Kier alpha value is -2.28. The van der Waals surface area contributed by atoms with Crippen molar-refractivity contribution in [3.8, 4) is 0 Å². The van der Waals surface area contributed by atoms with Gasteiger partial charge in [0, 0.05) is 10.3 Å². The summed E-state index contributed by atoms with van der Waals surface area (Å²) in [5.74, 6) is 1.75. The van der Waals surface area contributed by atoms with Crippen molar-refractivity contribution < 1.29 is 0 Å². The molecule has 6 nitrogen and oxygen atoms in total. The van der Waals surface area contributed by atoms with Gasteiger partial charge >= 0.3 is 0 Å². The van der Waals surface area contributed by atoms with E-state index in [-0.39, 0.29) is 5.95 Å². The van der Waals surface area contributed by atoms with Crippen molar-refractivity contribution in [1.29, 1.82) is 0 Å². The molecule has 0 radical (unpaired) electrons. The summed E-state index contributed by atoms with van der Waals surface area (Å²) in [6, 6.07) is 8.36. The van der Waals surface area contributed by atoms with Crippen LogP contribution in [0.1, 0.15) is 11.4 Å². The van der Waals surface area contributed by atoms with Crippen molar-refractivity contribution in [3.63, 3.8) is 0 Å². The molecule has 0 aliphatic heterocycles. The van der Waals surface area contributed by atoms with Crippen LogP contribution in [0.15, 0.2) is 29.2 Å². The Labute approximate surface area is 126 Å². The Bertz CT molecular complexity index is 782. The third kappa shape index (κ3) is 2.92. The smallest absolute Gasteiger partial charge is 0.239 e. The number of nitrogen functional groups attached to an aromatic ring is 1. The number of pyridine rings is 1. The molecular weight excluding hydrogens is 284 g/mol. The van der Waals surface area contributed by atoms with E-state index in [1.54, 1.807) is 11.8 Å². The molecule has 0 amide bonds. The summed E-state index contributed by atoms with van der Waals surface area (Å²) >= 11 is 1.71. The highest BCUT2D eigenvalue weighted by molar-refractivity contribution is 7.98. The maximum absolute atomic E-state index is 5.48. The number of H-pyrrole nitrogens is 1. The first-order chi connectivity index (χ1) is 10.2. The number of fused-ring (bicyclic) bond motifs is 1. The molecule has 3 rings (SSSR count). The number of nitrogens with two attached hydrogens (primary N) is 1. The number of hydrogen-bond donors (Lipinski definition) is 3. The molecule has 0 aliphatic rings. The minimum atomic E-state index is 0.249. The van der Waals surface area contributed by atoms with Crippen LogP contribution in [0.2, 0.25) is 0 Å². The summed E-state index contributed by atoms with van der Waals surface area (Å²) in [6.07, 6.45) is 2.06. The second kappa shape index (κ2) is 5.61. The van der Waals surface area contributed by atoms with Gasteiger partial charge in [-0.1, -0.05) is 6.07 Å². The Morgan fingerprint density at radius 2 is 2.14 bits per heavy atom. The lowest BCUT2D eigenvalue weighted by molar-refractivity contribution is 0.949. The topological polar surface area (TPSA) is 92.5 Å². The van der Waals surface area contributed by atoms with Crippen LogP contribution in [0.25, 0.3) is 10.9 Å². The van der Waals surface area contributed by atoms with Crippen LogP contribution in [0.3, 0.4) is 0 Å². The molecule has 0 fully saturated rings. The number of nitrogens with zero attached hydrogens (tertiary/aromatic N) is 3. The van der Waals surface area contributed by atoms with Gasteiger partial charge in [-0.3, -0.25) is 5.10 Å². The Balaban J connectivity index is 1.88. The second-order valence-corrected chi connectivity index (χ2v) is 5.58. The maximum atomic E-state index is 5.48. The molecule has 3 aromatic rings. The molecule has 21 heavy (non-hydrogen) atoms. The highest BCUT2D eigenvalue weighted by atomic mass is 32.2. The van der Waals surface area contributed by atoms with Gasteiger partial charge in [-0.25, -0.2) is 4.98 Å². The van der Waals surface area contributed by atoms with Crippen LogP contribution in [-0.4, -0.2) is 26.4 Å². The quantitative estimate of drug-likeness (QED) is 0.641. The Morgan fingerprint density at radius 3 is 2.86 bits per heavy atom. The van der Waals surface area contributed by atoms with Crippen molar-refractivity contribution in [3.05, 3.63) is 35.7 Å². The first-order valence-corrected chi connectivity index (χ1v) is 7.74. The van der Waals surface area contributed by atoms with Crippen molar-refractivity contribution in [1.82, 2.24) is 20.2 Å². The molecule has 0 bridgehead atoms. The number of aromatic nitrogens is 4. The van der Waals surface area contributed by atoms with E-state index in [2.05, 4.69) is 56.9 Å². The predicted octanol–water partition coefficient (Wildman–Crippen LogP) is 2.58. The lowest BCUT2D eigenvalue weighted by Crippen LogP contribution is -2.04. The van der Waals surface area contributed by atoms with Gasteiger partial charge in [0.15, 0.2) is 0 Å². The van der Waals surface area contributed by atoms with E-state index >= 15 is 0 Å². The number of rotatable bonds is 4. The van der Waals surface area contributed by atoms with Crippen LogP contribution in [0.5, 0.6) is 0 Å². The zero-order valence-electron chi connectivity index (χ0n) is 11.8. The van der Waals surface area contributed by atoms with Gasteiger partial charge < -0.3 is 11.1 Å². The molecule has 0 saturated carbocycles. The van der Waals surface area contributed by atoms with Crippen LogP contribution < -0.4 is 11.1 Å². The number of benzene rings is 1. The third-order valence-corrected chi connectivity index (χ3v) is 3.94. The lowest BCUT2D eigenvalue weighted by Gasteiger charge is -2.09. The monoisotopic (exact) mass is 300 g/mol. The van der Waals surface area contributed by atoms with E-state index in [0.717, 1.165) is 11.3 Å². The molecule has 0 aliphatic carbocycles. The number of aryl methyl sites for hydroxylation is 1. The summed E-state index contributed by atoms with van der Waals surface area (Å²) < 4.78 is 0. The molecule has 2 heterocycles. The fourth-order valence-corrected chi connectivity index (χ4v) is 2.60. The molecule has 2 aromatic heterocycles. The molecule has 4 N–H and O–H groups in total. The van der Waals surface area contributed by atoms with Crippen molar-refractivity contribution in [2.24, 2.45) is 0 Å². The highest BCUT2D eigenvalue weighted by Gasteiger charge is 2.05. The minimum Gasteiger partial charge on any atom is -0.367 e. The summed E-state index contributed by atoms with van der Waals surface area (Å²) in [5.41, 5.74) is 7.65. The van der Waals surface area contributed by atoms with Crippen molar-refractivity contribution >= 4 is 34.4 Å². The van der Waals surface area contributed by atoms with Gasteiger partial charge in [-0.05, 0) is 36.9 Å². The molecule has 0 atom stereocenters. The number of aromatic amines is 1. The largest absolute Gasteiger partial charge is 0.367 e. The zero-order valence-corrected chi connectivity index (χ0v) is 12.7. The first kappa shape index (κ1) is 13.7. The van der Waals surface area contributed by atoms with E-state index < -0.39 is 0 Å². The van der Waals surface area contributed by atoms with Gasteiger partial charge in [0.25, 0.3) is 0 Å². The maximum Gasteiger partial charge on any atom is 0.239 e. The van der Waals surface area contributed by atoms with E-state index in [0.29, 0.717) is 12.4 Å². The van der Waals surface area contributed by atoms with Crippen LogP contribution in [0, 0.1) is 6.92 Å². The number of nitrogens with one attached hydrogen (secondary N) is 2. The standard InChI is InChI=1S/C14H16N6S/c1-8-5-12(16-7-13-18-14(15)20-19-13)17-11-6-9(21-2)3-4-10(8)11/h3-6H,7H2,1-2H3,(H,16,17)(H3,15,18,19,20). The fraction of sp³-hybridized carbons (Fsp3) is 0.214. The Morgan fingerprint density at radius 1 is 1.29 bits per heavy atom. The lowest BCUT2D eigenvalue weighted by atomic mass is 10.1. The van der Waals surface area contributed by atoms with E-state index in [1.807, 2.05) is 6.07 Å². The molecule has 108 valence electrons. The van der Waals surface area contributed by atoms with E-state index in [9.17, 15) is 0 Å². The van der Waals surface area contributed by atoms with Crippen molar-refractivity contribution in [2.75, 3.05) is 17.3 Å². The average molecular weight is 300 g/mol. The van der Waals surface area contributed by atoms with Crippen LogP contribution in [0.4, 0.5) is 11.8 Å². The minimum absolute atomic E-state index is 0.249. The van der Waals surface area contributed by atoms with Gasteiger partial charge in [0.1, 0.15) is 11.6 Å². The third-order valence-electron chi connectivity index (χ3n) is 3.21. The highest BCUT2D eigenvalue weighted by Crippen LogP contribution is 2.25. The number of anilines is 2. The molecular formula is C14H16N6S. The molecule has 0 saturated heterocycles. The molecule has 7 heteroatoms. The van der Waals surface area contributed by atoms with Gasteiger partial charge in [0.05, 0.1) is 12.1 Å². The van der Waals surface area contributed by atoms with Gasteiger partial charge in [-0.2, -0.15) is 4.98 Å². The number of hydrogen-bond acceptors (Lipinski definition) is 6. The summed E-state index contributed by atoms with van der Waals surface area (Å²) in [6.45, 7) is 2.59. The molecule has 1 aromatic carbocycles. The fourth-order valence-electron chi connectivity index (χ4n) is 2.16. The van der Waals surface area contributed by atoms with Crippen molar-refractivity contribution in [2.45, 2.75) is 18.4 Å². The number of thioether (sulfide) groups is 1. The predicted molar refractivity (Wildman–Crippen MR) is 86.4 cm³/mol. The zero-order chi connectivity index (χ0) is 14.8. The second-order valence-electron chi connectivity index (χ2n) is 4.70. The van der Waals surface area contributed by atoms with Crippen LogP contribution >= 0.6 is 11.8 Å². The first-order valence-electron chi connectivity index (χ1n) is 6.52. The van der Waals surface area contributed by atoms with E-state index in [4.69, 9.17) is 5.73 Å². The van der Waals surface area contributed by atoms with Gasteiger partial charge in [-0.15, -0.1) is 16.9 Å². The summed E-state index contributed by atoms with van der Waals surface area (Å²) in [5, 5.41) is 11.0. The summed E-state index contributed by atoms with van der Waals surface area (Å²) in [4.78, 5) is 9.91. The van der Waals surface area contributed by atoms with Crippen LogP contribution in [-0.2, 0) is 6.54 Å². The normalized spacial score (nSPS) is 11.0.